The second kappa shape index (κ2) is 8.10. The lowest BCUT2D eigenvalue weighted by Crippen LogP contribution is -2.35. The SMILES string of the molecule is CCCC(C)CC1(CNCCOC)CCCC1. The molecular weight excluding hydrogens is 210 g/mol. The van der Waals surface area contributed by atoms with Gasteiger partial charge >= 0.3 is 0 Å². The average Bonchev–Trinajstić information content (AvgIpc) is 2.74. The van der Waals surface area contributed by atoms with Crippen molar-refractivity contribution in [3.8, 4) is 0 Å². The fourth-order valence-corrected chi connectivity index (χ4v) is 3.44. The van der Waals surface area contributed by atoms with E-state index in [2.05, 4.69) is 19.2 Å². The van der Waals surface area contributed by atoms with Crippen LogP contribution in [0.15, 0.2) is 0 Å². The lowest BCUT2D eigenvalue weighted by Gasteiger charge is -2.32. The first-order chi connectivity index (χ1) is 8.22. The van der Waals surface area contributed by atoms with E-state index in [4.69, 9.17) is 4.74 Å². The van der Waals surface area contributed by atoms with Crippen molar-refractivity contribution in [1.29, 1.82) is 0 Å². The van der Waals surface area contributed by atoms with Crippen molar-refractivity contribution in [2.24, 2.45) is 11.3 Å². The summed E-state index contributed by atoms with van der Waals surface area (Å²) in [6, 6.07) is 0. The van der Waals surface area contributed by atoms with Crippen molar-refractivity contribution in [2.75, 3.05) is 26.8 Å². The molecule has 1 N–H and O–H groups in total. The van der Waals surface area contributed by atoms with Crippen LogP contribution in [0.4, 0.5) is 0 Å². The van der Waals surface area contributed by atoms with E-state index < -0.39 is 0 Å². The maximum Gasteiger partial charge on any atom is 0.0587 e. The van der Waals surface area contributed by atoms with Crippen LogP contribution in [-0.2, 0) is 4.74 Å². The predicted molar refractivity (Wildman–Crippen MR) is 74.3 cm³/mol. The van der Waals surface area contributed by atoms with Crippen LogP contribution >= 0.6 is 0 Å². The van der Waals surface area contributed by atoms with Gasteiger partial charge in [0.1, 0.15) is 0 Å². The van der Waals surface area contributed by atoms with Crippen LogP contribution in [0.5, 0.6) is 0 Å². The fraction of sp³-hybridized carbons (Fsp3) is 1.00. The highest BCUT2D eigenvalue weighted by molar-refractivity contribution is 4.87. The Morgan fingerprint density at radius 1 is 1.29 bits per heavy atom. The molecule has 0 spiro atoms. The van der Waals surface area contributed by atoms with E-state index in [1.807, 2.05) is 0 Å². The summed E-state index contributed by atoms with van der Waals surface area (Å²) in [7, 11) is 1.77. The summed E-state index contributed by atoms with van der Waals surface area (Å²) >= 11 is 0. The fourth-order valence-electron chi connectivity index (χ4n) is 3.44. The van der Waals surface area contributed by atoms with Crippen molar-refractivity contribution in [1.82, 2.24) is 5.32 Å². The van der Waals surface area contributed by atoms with Crippen molar-refractivity contribution >= 4 is 0 Å². The number of methoxy groups -OCH3 is 1. The third-order valence-electron chi connectivity index (χ3n) is 4.21. The molecule has 1 unspecified atom stereocenters. The minimum absolute atomic E-state index is 0.600. The van der Waals surface area contributed by atoms with Crippen molar-refractivity contribution in [3.63, 3.8) is 0 Å². The van der Waals surface area contributed by atoms with E-state index in [9.17, 15) is 0 Å². The van der Waals surface area contributed by atoms with Gasteiger partial charge < -0.3 is 10.1 Å². The average molecular weight is 241 g/mol. The minimum Gasteiger partial charge on any atom is -0.383 e. The topological polar surface area (TPSA) is 21.3 Å². The number of hydrogen-bond donors (Lipinski definition) is 1. The smallest absolute Gasteiger partial charge is 0.0587 e. The van der Waals surface area contributed by atoms with Gasteiger partial charge in [0.05, 0.1) is 6.61 Å². The van der Waals surface area contributed by atoms with Crippen LogP contribution in [0.1, 0.15) is 58.8 Å². The Kier molecular flexibility index (Phi) is 7.14. The van der Waals surface area contributed by atoms with Gasteiger partial charge in [-0.25, -0.2) is 0 Å². The van der Waals surface area contributed by atoms with Gasteiger partial charge in [0, 0.05) is 20.2 Å². The molecule has 2 nitrogen and oxygen atoms in total. The quantitative estimate of drug-likeness (QED) is 0.623. The van der Waals surface area contributed by atoms with Gasteiger partial charge in [-0.3, -0.25) is 0 Å². The summed E-state index contributed by atoms with van der Waals surface area (Å²) in [5.74, 6) is 0.891. The van der Waals surface area contributed by atoms with Crippen LogP contribution in [0.3, 0.4) is 0 Å². The number of rotatable bonds is 9. The summed E-state index contributed by atoms with van der Waals surface area (Å²) in [6.07, 6.45) is 9.87. The lowest BCUT2D eigenvalue weighted by atomic mass is 9.77. The maximum absolute atomic E-state index is 5.10. The normalized spacial score (nSPS) is 20.6. The molecular formula is C15H31NO. The molecule has 17 heavy (non-hydrogen) atoms. The first-order valence-corrected chi connectivity index (χ1v) is 7.42. The Hall–Kier alpha value is -0.0800. The standard InChI is InChI=1S/C15H31NO/c1-4-7-14(2)12-15(8-5-6-9-15)13-16-10-11-17-3/h14,16H,4-13H2,1-3H3. The second-order valence-electron chi connectivity index (χ2n) is 5.97. The molecule has 1 aliphatic rings. The zero-order chi connectivity index (χ0) is 12.6. The van der Waals surface area contributed by atoms with Gasteiger partial charge in [0.15, 0.2) is 0 Å². The third kappa shape index (κ3) is 5.39. The summed E-state index contributed by atoms with van der Waals surface area (Å²) in [5, 5.41) is 3.59. The molecule has 0 radical (unpaired) electrons. The Morgan fingerprint density at radius 2 is 2.00 bits per heavy atom. The second-order valence-corrected chi connectivity index (χ2v) is 5.97. The van der Waals surface area contributed by atoms with Crippen LogP contribution < -0.4 is 5.32 Å². The molecule has 0 aromatic carbocycles. The first-order valence-electron chi connectivity index (χ1n) is 7.42. The summed E-state index contributed by atoms with van der Waals surface area (Å²) in [4.78, 5) is 0. The highest BCUT2D eigenvalue weighted by Gasteiger charge is 2.34. The number of ether oxygens (including phenoxy) is 1. The van der Waals surface area contributed by atoms with Gasteiger partial charge in [-0.05, 0) is 30.6 Å². The summed E-state index contributed by atoms with van der Waals surface area (Å²) < 4.78 is 5.10. The first kappa shape index (κ1) is 15.0. The molecule has 102 valence electrons. The van der Waals surface area contributed by atoms with Crippen LogP contribution in [0.25, 0.3) is 0 Å². The largest absolute Gasteiger partial charge is 0.383 e. The van der Waals surface area contributed by atoms with E-state index in [0.717, 1.165) is 19.1 Å². The van der Waals surface area contributed by atoms with Crippen LogP contribution in [0, 0.1) is 11.3 Å². The monoisotopic (exact) mass is 241 g/mol. The molecule has 1 rings (SSSR count). The molecule has 0 aromatic heterocycles. The van der Waals surface area contributed by atoms with E-state index in [-0.39, 0.29) is 0 Å². The molecule has 0 saturated heterocycles. The van der Waals surface area contributed by atoms with Gasteiger partial charge in [-0.1, -0.05) is 39.5 Å². The van der Waals surface area contributed by atoms with E-state index in [1.54, 1.807) is 7.11 Å². The molecule has 0 amide bonds. The maximum atomic E-state index is 5.10. The van der Waals surface area contributed by atoms with Gasteiger partial charge in [0.2, 0.25) is 0 Å². The molecule has 1 fully saturated rings. The Labute approximate surface area is 108 Å². The molecule has 0 aromatic rings. The van der Waals surface area contributed by atoms with Crippen molar-refractivity contribution in [2.45, 2.75) is 58.8 Å². The minimum atomic E-state index is 0.600. The highest BCUT2D eigenvalue weighted by atomic mass is 16.5. The molecule has 0 heterocycles. The van der Waals surface area contributed by atoms with Gasteiger partial charge in [-0.15, -0.1) is 0 Å². The molecule has 0 bridgehead atoms. The van der Waals surface area contributed by atoms with Crippen LogP contribution in [0.2, 0.25) is 0 Å². The van der Waals surface area contributed by atoms with E-state index >= 15 is 0 Å². The zero-order valence-corrected chi connectivity index (χ0v) is 12.1. The Bertz CT molecular complexity index is 187. The van der Waals surface area contributed by atoms with Gasteiger partial charge in [0.25, 0.3) is 0 Å². The highest BCUT2D eigenvalue weighted by Crippen LogP contribution is 2.43. The number of nitrogens with one attached hydrogen (secondary N) is 1. The molecule has 0 aliphatic heterocycles. The lowest BCUT2D eigenvalue weighted by molar-refractivity contribution is 0.178. The molecule has 1 atom stereocenters. The molecule has 2 heteroatoms. The number of hydrogen-bond acceptors (Lipinski definition) is 2. The molecule has 1 aliphatic carbocycles. The van der Waals surface area contributed by atoms with E-state index in [0.29, 0.717) is 5.41 Å². The van der Waals surface area contributed by atoms with E-state index in [1.165, 1.54) is 51.5 Å². The third-order valence-corrected chi connectivity index (χ3v) is 4.21. The van der Waals surface area contributed by atoms with Gasteiger partial charge in [-0.2, -0.15) is 0 Å². The van der Waals surface area contributed by atoms with Crippen molar-refractivity contribution in [3.05, 3.63) is 0 Å². The Morgan fingerprint density at radius 3 is 2.59 bits per heavy atom. The Balaban J connectivity index is 2.33. The summed E-state index contributed by atoms with van der Waals surface area (Å²) in [6.45, 7) is 7.76. The predicted octanol–water partition coefficient (Wildman–Crippen LogP) is 3.61. The molecule has 1 saturated carbocycles. The van der Waals surface area contributed by atoms with Crippen molar-refractivity contribution < 1.29 is 4.74 Å². The van der Waals surface area contributed by atoms with Crippen LogP contribution in [-0.4, -0.2) is 26.8 Å². The zero-order valence-electron chi connectivity index (χ0n) is 12.1. The summed E-state index contributed by atoms with van der Waals surface area (Å²) in [5.41, 5.74) is 0.600.